The first kappa shape index (κ1) is 9.62. The molecule has 0 radical (unpaired) electrons. The van der Waals surface area contributed by atoms with E-state index in [0.717, 1.165) is 11.1 Å². The molecule has 1 atom stereocenters. The normalized spacial score (nSPS) is 24.5. The minimum absolute atomic E-state index is 0.135. The minimum Gasteiger partial charge on any atom is -0.450 e. The summed E-state index contributed by atoms with van der Waals surface area (Å²) in [6.07, 6.45) is 7.69. The first-order valence-corrected chi connectivity index (χ1v) is 5.04. The summed E-state index contributed by atoms with van der Waals surface area (Å²) in [6.45, 7) is 3.95. The average Bonchev–Trinajstić information content (AvgIpc) is 2.50. The van der Waals surface area contributed by atoms with Gasteiger partial charge in [0.1, 0.15) is 0 Å². The lowest BCUT2D eigenvalue weighted by Gasteiger charge is -2.24. The lowest BCUT2D eigenvalue weighted by Crippen LogP contribution is -2.26. The van der Waals surface area contributed by atoms with Gasteiger partial charge in [-0.2, -0.15) is 0 Å². The van der Waals surface area contributed by atoms with Crippen LogP contribution in [-0.2, 0) is 9.47 Å². The molecule has 0 bridgehead atoms. The van der Waals surface area contributed by atoms with Gasteiger partial charge in [-0.05, 0) is 43.8 Å². The van der Waals surface area contributed by atoms with Gasteiger partial charge in [0.25, 0.3) is 0 Å². The van der Waals surface area contributed by atoms with Crippen molar-refractivity contribution in [2.24, 2.45) is 0 Å². The Hall–Kier alpha value is -0.930. The van der Waals surface area contributed by atoms with Gasteiger partial charge in [0.2, 0.25) is 6.29 Å². The number of rotatable bonds is 2. The van der Waals surface area contributed by atoms with Crippen molar-refractivity contribution < 1.29 is 9.47 Å². The molecular weight excluding hydrogens is 196 g/mol. The summed E-state index contributed by atoms with van der Waals surface area (Å²) >= 11 is 5.12. The van der Waals surface area contributed by atoms with Crippen LogP contribution in [0.15, 0.2) is 35.5 Å². The van der Waals surface area contributed by atoms with E-state index in [1.165, 1.54) is 0 Å². The largest absolute Gasteiger partial charge is 0.450 e. The summed E-state index contributed by atoms with van der Waals surface area (Å²) < 4.78 is 11.0. The van der Waals surface area contributed by atoms with Crippen molar-refractivity contribution in [3.63, 3.8) is 0 Å². The quantitative estimate of drug-likeness (QED) is 0.650. The Kier molecular flexibility index (Phi) is 2.52. The third-order valence-corrected chi connectivity index (χ3v) is 2.33. The Balaban J connectivity index is 2.18. The molecule has 14 heavy (non-hydrogen) atoms. The van der Waals surface area contributed by atoms with Crippen molar-refractivity contribution in [2.45, 2.75) is 26.2 Å². The summed E-state index contributed by atoms with van der Waals surface area (Å²) in [5, 5.41) is 0.526. The van der Waals surface area contributed by atoms with Crippen LogP contribution >= 0.6 is 12.2 Å². The highest BCUT2D eigenvalue weighted by molar-refractivity contribution is 7.80. The van der Waals surface area contributed by atoms with E-state index in [-0.39, 0.29) is 12.4 Å². The van der Waals surface area contributed by atoms with Crippen LogP contribution in [0.4, 0.5) is 0 Å². The highest BCUT2D eigenvalue weighted by Gasteiger charge is 2.24. The molecule has 0 saturated carbocycles. The van der Waals surface area contributed by atoms with Crippen LogP contribution in [0.1, 0.15) is 13.8 Å². The zero-order valence-electron chi connectivity index (χ0n) is 8.19. The topological polar surface area (TPSA) is 18.5 Å². The smallest absolute Gasteiger partial charge is 0.221 e. The molecule has 0 aromatic carbocycles. The molecule has 1 heterocycles. The molecule has 0 saturated heterocycles. The molecule has 0 aromatic heterocycles. The molecule has 0 fully saturated rings. The maximum Gasteiger partial charge on any atom is 0.221 e. The third-order valence-electron chi connectivity index (χ3n) is 2.01. The molecule has 74 valence electrons. The Morgan fingerprint density at radius 2 is 2.29 bits per heavy atom. The van der Waals surface area contributed by atoms with Crippen molar-refractivity contribution in [3.05, 3.63) is 35.5 Å². The average molecular weight is 208 g/mol. The maximum atomic E-state index is 5.52. The van der Waals surface area contributed by atoms with E-state index < -0.39 is 0 Å². The van der Waals surface area contributed by atoms with Crippen molar-refractivity contribution in [1.29, 1.82) is 0 Å². The van der Waals surface area contributed by atoms with Gasteiger partial charge in [-0.15, -0.1) is 0 Å². The Morgan fingerprint density at radius 3 is 3.00 bits per heavy atom. The predicted octanol–water partition coefficient (Wildman–Crippen LogP) is 2.52. The summed E-state index contributed by atoms with van der Waals surface area (Å²) in [6, 6.07) is 0. The van der Waals surface area contributed by atoms with Crippen molar-refractivity contribution in [3.8, 4) is 0 Å². The van der Waals surface area contributed by atoms with E-state index in [1.807, 2.05) is 38.2 Å². The van der Waals surface area contributed by atoms with Crippen LogP contribution in [0, 0.1) is 0 Å². The fourth-order valence-corrected chi connectivity index (χ4v) is 1.73. The highest BCUT2D eigenvalue weighted by atomic mass is 32.1. The van der Waals surface area contributed by atoms with E-state index >= 15 is 0 Å². The van der Waals surface area contributed by atoms with Crippen LogP contribution in [0.25, 0.3) is 0 Å². The number of ether oxygens (including phenoxy) is 2. The van der Waals surface area contributed by atoms with Crippen LogP contribution in [0.5, 0.6) is 0 Å². The number of allylic oxidation sites excluding steroid dienone is 3. The SMILES string of the molecule is CC(C)OC1C=C2C=CC=C2C(=S)O1. The standard InChI is InChI=1S/C11H12O2S/c1-7(2)12-10-6-8-4-3-5-9(8)11(14)13-10/h3-7,10H,1-2H3. The Labute approximate surface area is 88.9 Å². The zero-order valence-corrected chi connectivity index (χ0v) is 9.01. The molecule has 2 aliphatic rings. The van der Waals surface area contributed by atoms with Gasteiger partial charge in [-0.1, -0.05) is 12.2 Å². The molecule has 0 N–H and O–H groups in total. The summed E-state index contributed by atoms with van der Waals surface area (Å²) in [5.74, 6) is 0. The third kappa shape index (κ3) is 1.79. The summed E-state index contributed by atoms with van der Waals surface area (Å²) in [7, 11) is 0. The van der Waals surface area contributed by atoms with E-state index in [0.29, 0.717) is 5.05 Å². The predicted molar refractivity (Wildman–Crippen MR) is 59.0 cm³/mol. The molecule has 0 aromatic rings. The van der Waals surface area contributed by atoms with Gasteiger partial charge in [-0.25, -0.2) is 0 Å². The van der Waals surface area contributed by atoms with Crippen LogP contribution in [0.3, 0.4) is 0 Å². The van der Waals surface area contributed by atoms with E-state index in [9.17, 15) is 0 Å². The zero-order chi connectivity index (χ0) is 10.1. The second-order valence-electron chi connectivity index (χ2n) is 3.52. The van der Waals surface area contributed by atoms with E-state index in [1.54, 1.807) is 0 Å². The molecular formula is C11H12O2S. The summed E-state index contributed by atoms with van der Waals surface area (Å²) in [4.78, 5) is 0. The van der Waals surface area contributed by atoms with Crippen LogP contribution in [0.2, 0.25) is 0 Å². The van der Waals surface area contributed by atoms with Crippen LogP contribution in [-0.4, -0.2) is 17.4 Å². The highest BCUT2D eigenvalue weighted by Crippen LogP contribution is 2.27. The van der Waals surface area contributed by atoms with Crippen LogP contribution < -0.4 is 0 Å². The number of fused-ring (bicyclic) bond motifs is 1. The van der Waals surface area contributed by atoms with Gasteiger partial charge in [-0.3, -0.25) is 0 Å². The second kappa shape index (κ2) is 3.67. The van der Waals surface area contributed by atoms with Gasteiger partial charge in [0, 0.05) is 5.57 Å². The fourth-order valence-electron chi connectivity index (χ4n) is 1.45. The summed E-state index contributed by atoms with van der Waals surface area (Å²) in [5.41, 5.74) is 2.09. The molecule has 1 unspecified atom stereocenters. The molecule has 2 nitrogen and oxygen atoms in total. The molecule has 1 aliphatic heterocycles. The lowest BCUT2D eigenvalue weighted by molar-refractivity contribution is -0.0833. The van der Waals surface area contributed by atoms with E-state index in [4.69, 9.17) is 21.7 Å². The molecule has 0 spiro atoms. The number of thiocarbonyl (C=S) groups is 1. The molecule has 0 amide bonds. The van der Waals surface area contributed by atoms with Gasteiger partial charge < -0.3 is 9.47 Å². The first-order valence-electron chi connectivity index (χ1n) is 4.64. The van der Waals surface area contributed by atoms with E-state index in [2.05, 4.69) is 0 Å². The van der Waals surface area contributed by atoms with Gasteiger partial charge in [0.05, 0.1) is 6.10 Å². The fraction of sp³-hybridized carbons (Fsp3) is 0.364. The van der Waals surface area contributed by atoms with Crippen molar-refractivity contribution in [1.82, 2.24) is 0 Å². The number of hydrogen-bond acceptors (Lipinski definition) is 3. The Morgan fingerprint density at radius 1 is 1.50 bits per heavy atom. The Bertz CT molecular complexity index is 350. The molecule has 2 rings (SSSR count). The molecule has 1 aliphatic carbocycles. The monoisotopic (exact) mass is 208 g/mol. The second-order valence-corrected chi connectivity index (χ2v) is 3.89. The lowest BCUT2D eigenvalue weighted by atomic mass is 10.1. The van der Waals surface area contributed by atoms with Crippen molar-refractivity contribution in [2.75, 3.05) is 0 Å². The van der Waals surface area contributed by atoms with Gasteiger partial charge >= 0.3 is 0 Å². The first-order chi connectivity index (χ1) is 6.66. The minimum atomic E-state index is -0.336. The maximum absolute atomic E-state index is 5.52. The van der Waals surface area contributed by atoms with Crippen molar-refractivity contribution >= 4 is 17.3 Å². The van der Waals surface area contributed by atoms with Gasteiger partial charge in [0.15, 0.2) is 5.05 Å². The molecule has 3 heteroatoms. The number of hydrogen-bond donors (Lipinski definition) is 0.